The maximum absolute atomic E-state index is 10.9. The Kier molecular flexibility index (Phi) is 2.60. The number of fused-ring (bicyclic) bond motifs is 1. The van der Waals surface area contributed by atoms with Crippen LogP contribution in [-0.2, 0) is 9.53 Å². The van der Waals surface area contributed by atoms with E-state index in [0.717, 1.165) is 12.3 Å². The molecule has 0 aromatic rings. The fourth-order valence-electron chi connectivity index (χ4n) is 5.85. The predicted octanol–water partition coefficient (Wildman–Crippen LogP) is 3.93. The Morgan fingerprint density at radius 2 is 1.94 bits per heavy atom. The molecular formula is C16H26O2. The Balaban J connectivity index is 1.99. The van der Waals surface area contributed by atoms with Crippen molar-refractivity contribution in [3.63, 3.8) is 0 Å². The lowest BCUT2D eigenvalue weighted by molar-refractivity contribution is -0.149. The minimum Gasteiger partial charge on any atom is -0.464 e. The number of carbonyl (C=O) groups excluding carboxylic acids is 1. The minimum absolute atomic E-state index is 0.176. The summed E-state index contributed by atoms with van der Waals surface area (Å²) in [5, 5.41) is 0. The third kappa shape index (κ3) is 1.57. The molecule has 1 spiro atoms. The van der Waals surface area contributed by atoms with E-state index in [0.29, 0.717) is 22.7 Å². The van der Waals surface area contributed by atoms with E-state index in [1.807, 2.05) is 0 Å². The minimum atomic E-state index is 0.176. The molecule has 2 bridgehead atoms. The van der Waals surface area contributed by atoms with E-state index in [1.54, 1.807) is 0 Å². The number of carbonyl (C=O) groups is 1. The topological polar surface area (TPSA) is 26.3 Å². The standard InChI is InChI=1S/C16H26O2/c1-14(2)9-13(18-11-17)16-7-4-6-15(3,10-16)8-5-12(14)16/h11-13H,4-10H2,1-3H3/t12-,13+,15-,16-/m0/s1. The highest BCUT2D eigenvalue weighted by Gasteiger charge is 2.64. The van der Waals surface area contributed by atoms with Crippen LogP contribution in [0, 0.1) is 22.2 Å². The van der Waals surface area contributed by atoms with Gasteiger partial charge in [0, 0.05) is 5.41 Å². The summed E-state index contributed by atoms with van der Waals surface area (Å²) in [4.78, 5) is 10.9. The Bertz CT molecular complexity index is 362. The molecule has 0 unspecified atom stereocenters. The van der Waals surface area contributed by atoms with Crippen LogP contribution >= 0.6 is 0 Å². The molecule has 0 aliphatic heterocycles. The highest BCUT2D eigenvalue weighted by Crippen LogP contribution is 2.69. The molecule has 3 fully saturated rings. The average Bonchev–Trinajstić information content (AvgIpc) is 2.45. The SMILES string of the molecule is CC1(C)C[C@@H](OC=O)[C@]23CCC[C@@](C)(CC[C@@H]12)C3. The van der Waals surface area contributed by atoms with Crippen LogP contribution in [-0.4, -0.2) is 12.6 Å². The zero-order chi connectivity index (χ0) is 13.0. The normalized spacial score (nSPS) is 49.5. The largest absolute Gasteiger partial charge is 0.464 e. The summed E-state index contributed by atoms with van der Waals surface area (Å²) in [5.41, 5.74) is 1.15. The summed E-state index contributed by atoms with van der Waals surface area (Å²) in [7, 11) is 0. The molecule has 0 heterocycles. The summed E-state index contributed by atoms with van der Waals surface area (Å²) >= 11 is 0. The van der Waals surface area contributed by atoms with Crippen LogP contribution in [0.1, 0.15) is 65.7 Å². The van der Waals surface area contributed by atoms with Gasteiger partial charge in [0.05, 0.1) is 0 Å². The molecule has 102 valence electrons. The van der Waals surface area contributed by atoms with Gasteiger partial charge in [-0.05, 0) is 55.3 Å². The van der Waals surface area contributed by atoms with Crippen molar-refractivity contribution in [2.45, 2.75) is 71.8 Å². The molecule has 0 aromatic carbocycles. The van der Waals surface area contributed by atoms with Gasteiger partial charge in [-0.15, -0.1) is 0 Å². The van der Waals surface area contributed by atoms with E-state index in [1.165, 1.54) is 38.5 Å². The van der Waals surface area contributed by atoms with E-state index >= 15 is 0 Å². The lowest BCUT2D eigenvalue weighted by Gasteiger charge is -2.55. The lowest BCUT2D eigenvalue weighted by atomic mass is 9.50. The van der Waals surface area contributed by atoms with E-state index in [2.05, 4.69) is 20.8 Å². The molecule has 0 aromatic heterocycles. The molecule has 3 rings (SSSR count). The first-order valence-corrected chi connectivity index (χ1v) is 7.51. The van der Waals surface area contributed by atoms with Crippen molar-refractivity contribution in [2.24, 2.45) is 22.2 Å². The molecule has 3 saturated carbocycles. The molecule has 2 nitrogen and oxygen atoms in total. The molecule has 4 atom stereocenters. The fraction of sp³-hybridized carbons (Fsp3) is 0.938. The summed E-state index contributed by atoms with van der Waals surface area (Å²) in [6.07, 6.45) is 9.19. The van der Waals surface area contributed by atoms with Crippen LogP contribution in [0.25, 0.3) is 0 Å². The highest BCUT2D eigenvalue weighted by molar-refractivity contribution is 5.38. The zero-order valence-electron chi connectivity index (χ0n) is 12.0. The Labute approximate surface area is 110 Å². The first-order valence-electron chi connectivity index (χ1n) is 7.51. The Morgan fingerprint density at radius 3 is 2.67 bits per heavy atom. The van der Waals surface area contributed by atoms with Crippen molar-refractivity contribution in [2.75, 3.05) is 0 Å². The van der Waals surface area contributed by atoms with Crippen LogP contribution in [0.2, 0.25) is 0 Å². The van der Waals surface area contributed by atoms with Crippen LogP contribution in [0.15, 0.2) is 0 Å². The molecule has 0 N–H and O–H groups in total. The molecule has 0 saturated heterocycles. The monoisotopic (exact) mass is 250 g/mol. The zero-order valence-corrected chi connectivity index (χ0v) is 12.0. The van der Waals surface area contributed by atoms with Crippen LogP contribution < -0.4 is 0 Å². The van der Waals surface area contributed by atoms with Crippen molar-refractivity contribution in [3.8, 4) is 0 Å². The second kappa shape index (κ2) is 3.74. The molecule has 0 radical (unpaired) electrons. The molecule has 0 amide bonds. The first kappa shape index (κ1) is 12.5. The third-order valence-electron chi connectivity index (χ3n) is 6.42. The molecule has 3 aliphatic carbocycles. The van der Waals surface area contributed by atoms with Crippen molar-refractivity contribution in [1.82, 2.24) is 0 Å². The van der Waals surface area contributed by atoms with Gasteiger partial charge in [-0.1, -0.05) is 27.2 Å². The van der Waals surface area contributed by atoms with Gasteiger partial charge in [-0.25, -0.2) is 0 Å². The van der Waals surface area contributed by atoms with Gasteiger partial charge in [0.1, 0.15) is 6.10 Å². The fourth-order valence-corrected chi connectivity index (χ4v) is 5.85. The van der Waals surface area contributed by atoms with Gasteiger partial charge in [0.15, 0.2) is 0 Å². The van der Waals surface area contributed by atoms with Gasteiger partial charge in [-0.3, -0.25) is 4.79 Å². The molecule has 3 aliphatic rings. The number of hydrogen-bond acceptors (Lipinski definition) is 2. The molecular weight excluding hydrogens is 224 g/mol. The number of rotatable bonds is 2. The number of ether oxygens (including phenoxy) is 1. The lowest BCUT2D eigenvalue weighted by Crippen LogP contribution is -2.49. The van der Waals surface area contributed by atoms with Gasteiger partial charge in [0.2, 0.25) is 0 Å². The first-order chi connectivity index (χ1) is 8.42. The quantitative estimate of drug-likeness (QED) is 0.694. The van der Waals surface area contributed by atoms with Crippen LogP contribution in [0.5, 0.6) is 0 Å². The second-order valence-electron chi connectivity index (χ2n) is 8.08. The highest BCUT2D eigenvalue weighted by atomic mass is 16.5. The van der Waals surface area contributed by atoms with Gasteiger partial charge in [-0.2, -0.15) is 0 Å². The Morgan fingerprint density at radius 1 is 1.17 bits per heavy atom. The van der Waals surface area contributed by atoms with Crippen molar-refractivity contribution >= 4 is 6.47 Å². The molecule has 18 heavy (non-hydrogen) atoms. The van der Waals surface area contributed by atoms with Gasteiger partial charge < -0.3 is 4.74 Å². The average molecular weight is 250 g/mol. The summed E-state index contributed by atoms with van der Waals surface area (Å²) in [5.74, 6) is 0.753. The molecule has 2 heteroatoms. The van der Waals surface area contributed by atoms with Crippen molar-refractivity contribution < 1.29 is 9.53 Å². The summed E-state index contributed by atoms with van der Waals surface area (Å²) in [6.45, 7) is 7.90. The van der Waals surface area contributed by atoms with E-state index in [9.17, 15) is 4.79 Å². The van der Waals surface area contributed by atoms with Crippen LogP contribution in [0.4, 0.5) is 0 Å². The second-order valence-corrected chi connectivity index (χ2v) is 8.08. The van der Waals surface area contributed by atoms with E-state index in [4.69, 9.17) is 4.74 Å². The summed E-state index contributed by atoms with van der Waals surface area (Å²) < 4.78 is 5.55. The van der Waals surface area contributed by atoms with Crippen molar-refractivity contribution in [1.29, 1.82) is 0 Å². The van der Waals surface area contributed by atoms with Gasteiger partial charge in [0.25, 0.3) is 6.47 Å². The number of hydrogen-bond donors (Lipinski definition) is 0. The smallest absolute Gasteiger partial charge is 0.293 e. The third-order valence-corrected chi connectivity index (χ3v) is 6.42. The maximum Gasteiger partial charge on any atom is 0.293 e. The van der Waals surface area contributed by atoms with Crippen molar-refractivity contribution in [3.05, 3.63) is 0 Å². The predicted molar refractivity (Wildman–Crippen MR) is 71.1 cm³/mol. The van der Waals surface area contributed by atoms with E-state index in [-0.39, 0.29) is 6.10 Å². The Hall–Kier alpha value is -0.530. The van der Waals surface area contributed by atoms with Crippen LogP contribution in [0.3, 0.4) is 0 Å². The summed E-state index contributed by atoms with van der Waals surface area (Å²) in [6, 6.07) is 0. The maximum atomic E-state index is 10.9. The van der Waals surface area contributed by atoms with Gasteiger partial charge >= 0.3 is 0 Å². The van der Waals surface area contributed by atoms with E-state index < -0.39 is 0 Å².